The molecule has 1 atom stereocenters. The van der Waals surface area contributed by atoms with Crippen LogP contribution in [0.3, 0.4) is 0 Å². The summed E-state index contributed by atoms with van der Waals surface area (Å²) in [5.74, 6) is 2.55. The van der Waals surface area contributed by atoms with Crippen LogP contribution in [-0.2, 0) is 0 Å². The second-order valence-electron chi connectivity index (χ2n) is 3.70. The standard InChI is InChI=1S/C10H21NS/c1-8(2)10(6-11-5)7-12-9(3)4/h6,8-10H,7H2,1-5H3. The Morgan fingerprint density at radius 1 is 1.25 bits per heavy atom. The van der Waals surface area contributed by atoms with Crippen molar-refractivity contribution in [3.63, 3.8) is 0 Å². The van der Waals surface area contributed by atoms with Crippen LogP contribution in [0.2, 0.25) is 0 Å². The van der Waals surface area contributed by atoms with Gasteiger partial charge in [-0.15, -0.1) is 0 Å². The maximum atomic E-state index is 4.10. The van der Waals surface area contributed by atoms with Gasteiger partial charge >= 0.3 is 0 Å². The molecule has 0 aromatic rings. The van der Waals surface area contributed by atoms with Gasteiger partial charge in [0.25, 0.3) is 0 Å². The van der Waals surface area contributed by atoms with Crippen molar-refractivity contribution in [3.8, 4) is 0 Å². The van der Waals surface area contributed by atoms with Gasteiger partial charge in [0.1, 0.15) is 0 Å². The van der Waals surface area contributed by atoms with Crippen LogP contribution < -0.4 is 0 Å². The van der Waals surface area contributed by atoms with Gasteiger partial charge in [-0.05, 0) is 11.2 Å². The molecule has 1 nitrogen and oxygen atoms in total. The van der Waals surface area contributed by atoms with Crippen molar-refractivity contribution in [2.45, 2.75) is 32.9 Å². The zero-order valence-corrected chi connectivity index (χ0v) is 9.69. The molecule has 0 saturated carbocycles. The van der Waals surface area contributed by atoms with Crippen molar-refractivity contribution < 1.29 is 0 Å². The highest BCUT2D eigenvalue weighted by molar-refractivity contribution is 7.99. The molecule has 0 aliphatic rings. The Hall–Kier alpha value is 0.0200. The molecule has 1 unspecified atom stereocenters. The molecule has 0 aromatic carbocycles. The van der Waals surface area contributed by atoms with Gasteiger partial charge in [-0.1, -0.05) is 27.7 Å². The Morgan fingerprint density at radius 3 is 2.17 bits per heavy atom. The lowest BCUT2D eigenvalue weighted by Crippen LogP contribution is -2.14. The van der Waals surface area contributed by atoms with Gasteiger partial charge in [0.15, 0.2) is 0 Å². The number of hydrogen-bond donors (Lipinski definition) is 0. The fraction of sp³-hybridized carbons (Fsp3) is 0.900. The van der Waals surface area contributed by atoms with Crippen molar-refractivity contribution in [2.24, 2.45) is 16.8 Å². The molecule has 0 radical (unpaired) electrons. The molecule has 0 aromatic heterocycles. The molecule has 0 aliphatic heterocycles. The summed E-state index contributed by atoms with van der Waals surface area (Å²) in [6.07, 6.45) is 2.08. The molecule has 0 amide bonds. The molecule has 0 bridgehead atoms. The van der Waals surface area contributed by atoms with Gasteiger partial charge in [-0.2, -0.15) is 11.8 Å². The van der Waals surface area contributed by atoms with E-state index >= 15 is 0 Å². The Bertz CT molecular complexity index is 130. The fourth-order valence-electron chi connectivity index (χ4n) is 0.903. The lowest BCUT2D eigenvalue weighted by atomic mass is 10.00. The first kappa shape index (κ1) is 12.0. The van der Waals surface area contributed by atoms with E-state index in [1.807, 2.05) is 18.8 Å². The van der Waals surface area contributed by atoms with Crippen LogP contribution in [0, 0.1) is 11.8 Å². The molecule has 0 fully saturated rings. The second-order valence-corrected chi connectivity index (χ2v) is 5.31. The van der Waals surface area contributed by atoms with Crippen LogP contribution in [0.5, 0.6) is 0 Å². The normalized spacial score (nSPS) is 14.9. The van der Waals surface area contributed by atoms with Crippen LogP contribution in [0.25, 0.3) is 0 Å². The van der Waals surface area contributed by atoms with Crippen LogP contribution >= 0.6 is 11.8 Å². The summed E-state index contributed by atoms with van der Waals surface area (Å²) >= 11 is 2.02. The molecule has 0 rings (SSSR count). The molecule has 0 aliphatic carbocycles. The smallest absolute Gasteiger partial charge is 0.0273 e. The average Bonchev–Trinajstić information content (AvgIpc) is 1.96. The van der Waals surface area contributed by atoms with E-state index < -0.39 is 0 Å². The molecule has 0 saturated heterocycles. The third-order valence-corrected chi connectivity index (χ3v) is 3.06. The maximum Gasteiger partial charge on any atom is 0.0273 e. The number of rotatable bonds is 5. The van der Waals surface area contributed by atoms with Crippen LogP contribution in [0.4, 0.5) is 0 Å². The Morgan fingerprint density at radius 2 is 1.83 bits per heavy atom. The van der Waals surface area contributed by atoms with Gasteiger partial charge in [-0.3, -0.25) is 0 Å². The maximum absolute atomic E-state index is 4.10. The molecular weight excluding hydrogens is 166 g/mol. The molecule has 72 valence electrons. The lowest BCUT2D eigenvalue weighted by molar-refractivity contribution is 0.547. The zero-order valence-electron chi connectivity index (χ0n) is 8.87. The van der Waals surface area contributed by atoms with Gasteiger partial charge in [-0.25, -0.2) is 0 Å². The molecular formula is C10H21NS. The van der Waals surface area contributed by atoms with Crippen molar-refractivity contribution in [2.75, 3.05) is 12.8 Å². The van der Waals surface area contributed by atoms with E-state index in [1.54, 1.807) is 0 Å². The third kappa shape index (κ3) is 5.64. The van der Waals surface area contributed by atoms with Gasteiger partial charge < -0.3 is 4.99 Å². The van der Waals surface area contributed by atoms with Crippen LogP contribution in [0.1, 0.15) is 27.7 Å². The predicted octanol–water partition coefficient (Wildman–Crippen LogP) is 3.10. The van der Waals surface area contributed by atoms with E-state index in [-0.39, 0.29) is 0 Å². The second kappa shape index (κ2) is 6.53. The van der Waals surface area contributed by atoms with Crippen molar-refractivity contribution in [1.29, 1.82) is 0 Å². The average molecular weight is 187 g/mol. The zero-order chi connectivity index (χ0) is 9.56. The molecule has 0 spiro atoms. The summed E-state index contributed by atoms with van der Waals surface area (Å²) in [6.45, 7) is 9.00. The van der Waals surface area contributed by atoms with E-state index in [2.05, 4.69) is 38.9 Å². The fourth-order valence-corrected chi connectivity index (χ4v) is 1.98. The first-order chi connectivity index (χ1) is 5.57. The highest BCUT2D eigenvalue weighted by Gasteiger charge is 2.10. The van der Waals surface area contributed by atoms with Crippen molar-refractivity contribution in [3.05, 3.63) is 0 Å². The van der Waals surface area contributed by atoms with Crippen molar-refractivity contribution >= 4 is 18.0 Å². The highest BCUT2D eigenvalue weighted by atomic mass is 32.2. The topological polar surface area (TPSA) is 12.4 Å². The van der Waals surface area contributed by atoms with Gasteiger partial charge in [0.2, 0.25) is 0 Å². The first-order valence-corrected chi connectivity index (χ1v) is 5.66. The SMILES string of the molecule is CN=CC(CSC(C)C)C(C)C. The Balaban J connectivity index is 3.79. The van der Waals surface area contributed by atoms with Crippen LogP contribution in [-0.4, -0.2) is 24.3 Å². The molecule has 0 heterocycles. The Kier molecular flexibility index (Phi) is 6.54. The Labute approximate surface area is 81.0 Å². The van der Waals surface area contributed by atoms with Gasteiger partial charge in [0, 0.05) is 24.9 Å². The summed E-state index contributed by atoms with van der Waals surface area (Å²) < 4.78 is 0. The number of hydrogen-bond acceptors (Lipinski definition) is 2. The third-order valence-electron chi connectivity index (χ3n) is 1.82. The van der Waals surface area contributed by atoms with Crippen molar-refractivity contribution in [1.82, 2.24) is 0 Å². The highest BCUT2D eigenvalue weighted by Crippen LogP contribution is 2.18. The molecule has 12 heavy (non-hydrogen) atoms. The summed E-state index contributed by atoms with van der Waals surface area (Å²) in [6, 6.07) is 0. The van der Waals surface area contributed by atoms with E-state index in [4.69, 9.17) is 0 Å². The number of thioether (sulfide) groups is 1. The predicted molar refractivity (Wildman–Crippen MR) is 60.3 cm³/mol. The van der Waals surface area contributed by atoms with E-state index in [1.165, 1.54) is 5.75 Å². The molecule has 0 N–H and O–H groups in total. The van der Waals surface area contributed by atoms with E-state index in [0.717, 1.165) is 5.25 Å². The van der Waals surface area contributed by atoms with Crippen LogP contribution in [0.15, 0.2) is 4.99 Å². The largest absolute Gasteiger partial charge is 0.301 e. The quantitative estimate of drug-likeness (QED) is 0.602. The summed E-state index contributed by atoms with van der Waals surface area (Å²) in [4.78, 5) is 4.10. The molecule has 2 heteroatoms. The minimum Gasteiger partial charge on any atom is -0.301 e. The van der Waals surface area contributed by atoms with E-state index in [9.17, 15) is 0 Å². The summed E-state index contributed by atoms with van der Waals surface area (Å²) in [7, 11) is 1.86. The van der Waals surface area contributed by atoms with Gasteiger partial charge in [0.05, 0.1) is 0 Å². The monoisotopic (exact) mass is 187 g/mol. The number of nitrogens with zero attached hydrogens (tertiary/aromatic N) is 1. The van der Waals surface area contributed by atoms with E-state index in [0.29, 0.717) is 11.8 Å². The summed E-state index contributed by atoms with van der Waals surface area (Å²) in [5.41, 5.74) is 0. The minimum atomic E-state index is 0.641. The first-order valence-electron chi connectivity index (χ1n) is 4.61. The lowest BCUT2D eigenvalue weighted by Gasteiger charge is -2.16. The minimum absolute atomic E-state index is 0.641. The number of aliphatic imine (C=N–C) groups is 1. The summed E-state index contributed by atoms with van der Waals surface area (Å²) in [5, 5.41) is 0.733.